The largest absolute Gasteiger partial charge is 0.345 e. The van der Waals surface area contributed by atoms with Crippen molar-refractivity contribution in [1.82, 2.24) is 9.88 Å². The minimum atomic E-state index is 0.833. The minimum Gasteiger partial charge on any atom is -0.345 e. The fourth-order valence-corrected chi connectivity index (χ4v) is 3.36. The van der Waals surface area contributed by atoms with Crippen molar-refractivity contribution in [1.29, 1.82) is 0 Å². The smallest absolute Gasteiger partial charge is 0.0661 e. The van der Waals surface area contributed by atoms with Gasteiger partial charge in [0.2, 0.25) is 0 Å². The zero-order valence-corrected chi connectivity index (χ0v) is 12.8. The van der Waals surface area contributed by atoms with Crippen molar-refractivity contribution in [2.45, 2.75) is 13.0 Å². The van der Waals surface area contributed by atoms with Gasteiger partial charge >= 0.3 is 0 Å². The first-order valence-corrected chi connectivity index (χ1v) is 8.07. The van der Waals surface area contributed by atoms with Gasteiger partial charge in [-0.2, -0.15) is 0 Å². The summed E-state index contributed by atoms with van der Waals surface area (Å²) in [6, 6.07) is 12.6. The Morgan fingerprint density at radius 1 is 1.10 bits per heavy atom. The van der Waals surface area contributed by atoms with E-state index in [2.05, 4.69) is 45.6 Å². The number of thiophene rings is 1. The fourth-order valence-electron chi connectivity index (χ4n) is 2.38. The summed E-state index contributed by atoms with van der Waals surface area (Å²) in [4.78, 5) is 1.44. The molecule has 0 radical (unpaired) electrons. The van der Waals surface area contributed by atoms with Gasteiger partial charge in [-0.1, -0.05) is 35.9 Å². The number of hydrogen-bond acceptors (Lipinski definition) is 2. The molecule has 0 aliphatic rings. The van der Waals surface area contributed by atoms with Crippen LogP contribution in [0.4, 0.5) is 0 Å². The molecule has 4 heteroatoms. The van der Waals surface area contributed by atoms with Crippen LogP contribution in [-0.2, 0) is 13.0 Å². The number of para-hydroxylation sites is 1. The Morgan fingerprint density at radius 2 is 2.00 bits per heavy atom. The van der Waals surface area contributed by atoms with Crippen LogP contribution in [0, 0.1) is 0 Å². The van der Waals surface area contributed by atoms with Gasteiger partial charge in [0, 0.05) is 41.6 Å². The highest BCUT2D eigenvalue weighted by atomic mass is 35.5. The van der Waals surface area contributed by atoms with E-state index in [1.807, 2.05) is 23.6 Å². The SMILES string of the molecule is Clc1cn(CCNCCc2cccs2)c2ccccc12. The highest BCUT2D eigenvalue weighted by molar-refractivity contribution is 7.09. The van der Waals surface area contributed by atoms with Gasteiger partial charge in [-0.15, -0.1) is 11.3 Å². The van der Waals surface area contributed by atoms with E-state index in [-0.39, 0.29) is 0 Å². The van der Waals surface area contributed by atoms with Crippen LogP contribution in [0.25, 0.3) is 10.9 Å². The third-order valence-electron chi connectivity index (χ3n) is 3.40. The minimum absolute atomic E-state index is 0.833. The second kappa shape index (κ2) is 6.44. The van der Waals surface area contributed by atoms with Crippen LogP contribution in [0.15, 0.2) is 48.0 Å². The number of benzene rings is 1. The average Bonchev–Trinajstić information content (AvgIpc) is 3.08. The third-order valence-corrected chi connectivity index (χ3v) is 4.64. The molecule has 0 amide bonds. The number of rotatable bonds is 6. The quantitative estimate of drug-likeness (QED) is 0.676. The molecule has 0 saturated heterocycles. The maximum atomic E-state index is 6.25. The molecule has 0 atom stereocenters. The molecule has 1 N–H and O–H groups in total. The van der Waals surface area contributed by atoms with Gasteiger partial charge < -0.3 is 9.88 Å². The first kappa shape index (κ1) is 13.7. The average molecular weight is 305 g/mol. The maximum absolute atomic E-state index is 6.25. The van der Waals surface area contributed by atoms with E-state index in [9.17, 15) is 0 Å². The molecule has 0 fully saturated rings. The van der Waals surface area contributed by atoms with Crippen LogP contribution in [0.5, 0.6) is 0 Å². The van der Waals surface area contributed by atoms with Crippen molar-refractivity contribution in [3.63, 3.8) is 0 Å². The van der Waals surface area contributed by atoms with Crippen molar-refractivity contribution in [3.8, 4) is 0 Å². The summed E-state index contributed by atoms with van der Waals surface area (Å²) >= 11 is 8.07. The zero-order chi connectivity index (χ0) is 13.8. The maximum Gasteiger partial charge on any atom is 0.0661 e. The van der Waals surface area contributed by atoms with Crippen LogP contribution in [0.1, 0.15) is 4.88 Å². The van der Waals surface area contributed by atoms with Crippen LogP contribution in [0.2, 0.25) is 5.02 Å². The lowest BCUT2D eigenvalue weighted by Gasteiger charge is -2.06. The number of aromatic nitrogens is 1. The van der Waals surface area contributed by atoms with E-state index in [0.717, 1.165) is 36.5 Å². The molecule has 2 heterocycles. The van der Waals surface area contributed by atoms with Crippen molar-refractivity contribution in [3.05, 3.63) is 57.9 Å². The summed E-state index contributed by atoms with van der Waals surface area (Å²) in [5.41, 5.74) is 1.21. The van der Waals surface area contributed by atoms with Crippen LogP contribution < -0.4 is 5.32 Å². The molecule has 0 aliphatic carbocycles. The Labute approximate surface area is 128 Å². The predicted octanol–water partition coefficient (Wildman–Crippen LogP) is 4.19. The molecule has 3 rings (SSSR count). The second-order valence-electron chi connectivity index (χ2n) is 4.77. The molecule has 0 spiro atoms. The lowest BCUT2D eigenvalue weighted by atomic mass is 10.2. The Hall–Kier alpha value is -1.29. The lowest BCUT2D eigenvalue weighted by Crippen LogP contribution is -2.21. The van der Waals surface area contributed by atoms with E-state index < -0.39 is 0 Å². The standard InChI is InChI=1S/C16H17ClN2S/c17-15-12-19(16-6-2-1-5-14(15)16)10-9-18-8-7-13-4-3-11-20-13/h1-6,11-12,18H,7-10H2. The van der Waals surface area contributed by atoms with Crippen molar-refractivity contribution < 1.29 is 0 Å². The molecule has 0 aliphatic heterocycles. The van der Waals surface area contributed by atoms with Crippen molar-refractivity contribution in [2.75, 3.05) is 13.1 Å². The van der Waals surface area contributed by atoms with Gasteiger partial charge in [0.15, 0.2) is 0 Å². The summed E-state index contributed by atoms with van der Waals surface area (Å²) in [5, 5.41) is 7.58. The first-order valence-electron chi connectivity index (χ1n) is 6.81. The Bertz CT molecular complexity index is 673. The molecule has 104 valence electrons. The van der Waals surface area contributed by atoms with E-state index in [1.165, 1.54) is 10.4 Å². The number of nitrogens with zero attached hydrogens (tertiary/aromatic N) is 1. The Morgan fingerprint density at radius 3 is 2.85 bits per heavy atom. The number of fused-ring (bicyclic) bond motifs is 1. The van der Waals surface area contributed by atoms with E-state index in [0.29, 0.717) is 0 Å². The van der Waals surface area contributed by atoms with Crippen LogP contribution in [0.3, 0.4) is 0 Å². The van der Waals surface area contributed by atoms with Gasteiger partial charge in [-0.25, -0.2) is 0 Å². The molecular formula is C16H17ClN2S. The topological polar surface area (TPSA) is 17.0 Å². The summed E-state index contributed by atoms with van der Waals surface area (Å²) in [5.74, 6) is 0. The molecular weight excluding hydrogens is 288 g/mol. The van der Waals surface area contributed by atoms with Gasteiger partial charge in [0.05, 0.1) is 5.02 Å². The number of nitrogens with one attached hydrogen (secondary N) is 1. The van der Waals surface area contributed by atoms with E-state index in [4.69, 9.17) is 11.6 Å². The van der Waals surface area contributed by atoms with Gasteiger partial charge in [0.1, 0.15) is 0 Å². The zero-order valence-electron chi connectivity index (χ0n) is 11.2. The van der Waals surface area contributed by atoms with Gasteiger partial charge in [-0.05, 0) is 23.9 Å². The first-order chi connectivity index (χ1) is 9.84. The highest BCUT2D eigenvalue weighted by Gasteiger charge is 2.05. The summed E-state index contributed by atoms with van der Waals surface area (Å²) < 4.78 is 2.22. The molecule has 20 heavy (non-hydrogen) atoms. The third kappa shape index (κ3) is 3.06. The van der Waals surface area contributed by atoms with Gasteiger partial charge in [-0.3, -0.25) is 0 Å². The molecule has 0 saturated carbocycles. The molecule has 3 aromatic rings. The summed E-state index contributed by atoms with van der Waals surface area (Å²) in [7, 11) is 0. The van der Waals surface area contributed by atoms with Crippen molar-refractivity contribution in [2.24, 2.45) is 0 Å². The van der Waals surface area contributed by atoms with Gasteiger partial charge in [0.25, 0.3) is 0 Å². The number of hydrogen-bond donors (Lipinski definition) is 1. The molecule has 1 aromatic carbocycles. The molecule has 2 aromatic heterocycles. The van der Waals surface area contributed by atoms with Crippen LogP contribution in [-0.4, -0.2) is 17.7 Å². The normalized spacial score (nSPS) is 11.2. The van der Waals surface area contributed by atoms with Crippen LogP contribution >= 0.6 is 22.9 Å². The summed E-state index contributed by atoms with van der Waals surface area (Å²) in [6.45, 7) is 2.92. The number of halogens is 1. The molecule has 0 unspecified atom stereocenters. The monoisotopic (exact) mass is 304 g/mol. The second-order valence-corrected chi connectivity index (χ2v) is 6.21. The molecule has 2 nitrogen and oxygen atoms in total. The van der Waals surface area contributed by atoms with Crippen molar-refractivity contribution >= 4 is 33.8 Å². The summed E-state index contributed by atoms with van der Waals surface area (Å²) in [6.07, 6.45) is 3.12. The predicted molar refractivity (Wildman–Crippen MR) is 87.8 cm³/mol. The lowest BCUT2D eigenvalue weighted by molar-refractivity contribution is 0.611. The van der Waals surface area contributed by atoms with E-state index >= 15 is 0 Å². The molecule has 0 bridgehead atoms. The fraction of sp³-hybridized carbons (Fsp3) is 0.250. The highest BCUT2D eigenvalue weighted by Crippen LogP contribution is 2.25. The Balaban J connectivity index is 1.52. The Kier molecular flexibility index (Phi) is 4.41. The van der Waals surface area contributed by atoms with E-state index in [1.54, 1.807) is 0 Å².